The molecule has 0 aliphatic carbocycles. The Morgan fingerprint density at radius 2 is 1.93 bits per heavy atom. The van der Waals surface area contributed by atoms with E-state index in [1.54, 1.807) is 0 Å². The summed E-state index contributed by atoms with van der Waals surface area (Å²) >= 11 is 5.81. The quantitative estimate of drug-likeness (QED) is 0.0414. The topological polar surface area (TPSA) is 198 Å². The highest BCUT2D eigenvalue weighted by atomic mass is 35.5. The van der Waals surface area contributed by atoms with Gasteiger partial charge in [0.25, 0.3) is 5.91 Å². The van der Waals surface area contributed by atoms with Crippen molar-refractivity contribution in [2.24, 2.45) is 15.8 Å². The normalized spacial score (nSPS) is 15.5. The lowest BCUT2D eigenvalue weighted by Crippen LogP contribution is -2.41. The Morgan fingerprint density at radius 3 is 2.43 bits per heavy atom. The van der Waals surface area contributed by atoms with Gasteiger partial charge < -0.3 is 15.7 Å². The Kier molecular flexibility index (Phi) is 12.5. The van der Waals surface area contributed by atoms with E-state index in [0.29, 0.717) is 9.58 Å². The van der Waals surface area contributed by atoms with E-state index in [2.05, 4.69) is 36.0 Å². The van der Waals surface area contributed by atoms with Crippen LogP contribution in [-0.4, -0.2) is 78.4 Å². The van der Waals surface area contributed by atoms with Gasteiger partial charge >= 0.3 is 20.2 Å². The van der Waals surface area contributed by atoms with E-state index in [1.165, 1.54) is 13.0 Å². The number of hydrogen-bond donors (Lipinski definition) is 4. The van der Waals surface area contributed by atoms with Gasteiger partial charge in [0.1, 0.15) is 6.26 Å². The molecule has 46 heavy (non-hydrogen) atoms. The minimum absolute atomic E-state index is 0.0440. The minimum atomic E-state index is -5.42. The van der Waals surface area contributed by atoms with Crippen molar-refractivity contribution in [3.63, 3.8) is 0 Å². The third-order valence-corrected chi connectivity index (χ3v) is 5.82. The molecule has 0 aromatic carbocycles. The fraction of sp³-hybridized carbons (Fsp3) is 0.333. The van der Waals surface area contributed by atoms with Gasteiger partial charge in [0, 0.05) is 18.5 Å². The molecule has 1 aliphatic rings. The van der Waals surface area contributed by atoms with Gasteiger partial charge in [-0.2, -0.15) is 36.1 Å². The minimum Gasteiger partial charge on any atom is -0.412 e. The van der Waals surface area contributed by atoms with Gasteiger partial charge in [-0.05, 0) is 25.5 Å². The van der Waals surface area contributed by atoms with Crippen molar-refractivity contribution in [3.8, 4) is 12.3 Å². The molecule has 14 nitrogen and oxygen atoms in total. The number of aliphatic imine (C=N–C) groups is 1. The van der Waals surface area contributed by atoms with E-state index in [1.807, 2.05) is 0 Å². The van der Waals surface area contributed by atoms with Gasteiger partial charge in [-0.15, -0.1) is 11.5 Å². The number of carbonyl (C=O) groups is 2. The summed E-state index contributed by atoms with van der Waals surface area (Å²) in [5, 5.41) is 7.84. The van der Waals surface area contributed by atoms with E-state index >= 15 is 0 Å². The van der Waals surface area contributed by atoms with Crippen LogP contribution in [0, 0.1) is 12.3 Å². The van der Waals surface area contributed by atoms with Crippen molar-refractivity contribution < 1.29 is 54.8 Å². The number of alkyl halides is 6. The molecule has 250 valence electrons. The van der Waals surface area contributed by atoms with E-state index in [-0.39, 0.29) is 29.8 Å². The van der Waals surface area contributed by atoms with Crippen molar-refractivity contribution in [1.29, 1.82) is 0 Å². The molecular formula is C24H24ClF6N8O6P. The van der Waals surface area contributed by atoms with Gasteiger partial charge in [0.05, 0.1) is 29.8 Å². The number of rotatable bonds is 10. The molecule has 1 aromatic heterocycles. The fourth-order valence-electron chi connectivity index (χ4n) is 3.38. The first kappa shape index (κ1) is 37.7. The van der Waals surface area contributed by atoms with Crippen LogP contribution < -0.4 is 11.2 Å². The lowest BCUT2D eigenvalue weighted by atomic mass is 10.1. The van der Waals surface area contributed by atoms with E-state index in [9.17, 15) is 40.5 Å². The molecule has 0 saturated heterocycles. The Bertz CT molecular complexity index is 1630. The molecule has 0 atom stereocenters. The van der Waals surface area contributed by atoms with Crippen LogP contribution in [-0.2, 0) is 20.4 Å². The number of nitrogens with zero attached hydrogens (tertiary/aromatic N) is 6. The molecular weight excluding hydrogens is 677 g/mol. The van der Waals surface area contributed by atoms with E-state index < -0.39 is 79.5 Å². The fourth-order valence-corrected chi connectivity index (χ4v) is 3.71. The number of amides is 2. The Hall–Kier alpha value is -4.44. The number of phosphoric acid groups is 1. The Labute approximate surface area is 261 Å². The average Bonchev–Trinajstić information content (AvgIpc) is 3.35. The van der Waals surface area contributed by atoms with Crippen LogP contribution in [0.25, 0.3) is 0 Å². The van der Waals surface area contributed by atoms with Crippen molar-refractivity contribution in [2.75, 3.05) is 13.1 Å². The standard InChI is InChI=1S/C24H24ClF6N8O6P/c1-4-15(8-7-13(2)25)20(38(14(3)40)11-16(23(26,27)28)12-45-46(42,43)44)36-34-10-18-35-22(19(32)41)39(37-18)21-17(24(29,30)31)6-5-9-33-21/h1,6-8,12,34H,5,9-11H2,2-3H3,(H2,32,41)(H2,42,43,44)/b13-7+,15-8+,16-12-,36-20-. The lowest BCUT2D eigenvalue weighted by Gasteiger charge is -2.25. The zero-order valence-corrected chi connectivity index (χ0v) is 25.2. The molecule has 2 rings (SSSR count). The van der Waals surface area contributed by atoms with Crippen molar-refractivity contribution in [2.45, 2.75) is 39.2 Å². The second kappa shape index (κ2) is 15.2. The van der Waals surface area contributed by atoms with Crippen LogP contribution in [0.2, 0.25) is 0 Å². The second-order valence-corrected chi connectivity index (χ2v) is 10.6. The summed E-state index contributed by atoms with van der Waals surface area (Å²) in [6, 6.07) is 0. The van der Waals surface area contributed by atoms with Gasteiger partial charge in [0.15, 0.2) is 17.5 Å². The largest absolute Gasteiger partial charge is 0.524 e. The number of phosphoric ester groups is 1. The van der Waals surface area contributed by atoms with Gasteiger partial charge in [-0.25, -0.2) is 9.55 Å². The van der Waals surface area contributed by atoms with Gasteiger partial charge in [-0.1, -0.05) is 23.6 Å². The number of hydrogen-bond acceptors (Lipinski definition) is 9. The molecule has 0 radical (unpaired) electrons. The number of halogens is 7. The molecule has 0 fully saturated rings. The Morgan fingerprint density at radius 1 is 1.28 bits per heavy atom. The highest BCUT2D eigenvalue weighted by molar-refractivity contribution is 7.46. The number of dihydropyridines is 1. The third kappa shape index (κ3) is 10.9. The van der Waals surface area contributed by atoms with E-state index in [4.69, 9.17) is 33.5 Å². The number of carbonyl (C=O) groups excluding carboxylic acids is 2. The summed E-state index contributed by atoms with van der Waals surface area (Å²) in [6.07, 6.45) is -1.80. The molecule has 1 aromatic rings. The summed E-state index contributed by atoms with van der Waals surface area (Å²) in [6.45, 7) is 0.130. The number of aromatic nitrogens is 3. The van der Waals surface area contributed by atoms with Crippen LogP contribution in [0.3, 0.4) is 0 Å². The maximum atomic E-state index is 13.7. The number of nitrogens with one attached hydrogen (secondary N) is 1. The van der Waals surface area contributed by atoms with Crippen LogP contribution in [0.4, 0.5) is 26.3 Å². The molecule has 0 bridgehead atoms. The average molecular weight is 701 g/mol. The zero-order valence-electron chi connectivity index (χ0n) is 23.6. The SMILES string of the molecule is C#CC(=C\C=C(/C)Cl)/C(=N/NCc1nc(C(N)=O)n(C2=NCCC=C2C(F)(F)F)n1)N(C/C(=C/OP(=O)(O)O)C(F)(F)F)C(C)=O. The number of terminal acetylenes is 1. The van der Waals surface area contributed by atoms with Crippen LogP contribution in [0.5, 0.6) is 0 Å². The molecule has 5 N–H and O–H groups in total. The predicted molar refractivity (Wildman–Crippen MR) is 150 cm³/mol. The summed E-state index contributed by atoms with van der Waals surface area (Å²) < 4.78 is 97.4. The summed E-state index contributed by atoms with van der Waals surface area (Å²) in [5.74, 6) is -2.81. The molecule has 2 amide bonds. The first-order chi connectivity index (χ1) is 21.2. The molecule has 22 heteroatoms. The van der Waals surface area contributed by atoms with Gasteiger partial charge in [0.2, 0.25) is 11.7 Å². The third-order valence-electron chi connectivity index (χ3n) is 5.32. The molecule has 0 unspecified atom stereocenters. The van der Waals surface area contributed by atoms with Crippen molar-refractivity contribution >= 4 is 42.9 Å². The maximum Gasteiger partial charge on any atom is 0.524 e. The first-order valence-corrected chi connectivity index (χ1v) is 14.2. The molecule has 2 heterocycles. The van der Waals surface area contributed by atoms with Crippen LogP contribution in [0.15, 0.2) is 56.3 Å². The highest BCUT2D eigenvalue weighted by Gasteiger charge is 2.40. The van der Waals surface area contributed by atoms with Crippen molar-refractivity contribution in [1.82, 2.24) is 25.1 Å². The first-order valence-electron chi connectivity index (χ1n) is 12.3. The zero-order chi connectivity index (χ0) is 35.0. The highest BCUT2D eigenvalue weighted by Crippen LogP contribution is 2.38. The monoisotopic (exact) mass is 700 g/mol. The smallest absolute Gasteiger partial charge is 0.412 e. The number of amidine groups is 1. The van der Waals surface area contributed by atoms with E-state index in [0.717, 1.165) is 19.1 Å². The molecule has 0 saturated carbocycles. The number of hydrazone groups is 1. The summed E-state index contributed by atoms with van der Waals surface area (Å²) in [7, 11) is -5.42. The number of nitrogens with two attached hydrogens (primary N) is 1. The lowest BCUT2D eigenvalue weighted by molar-refractivity contribution is -0.126. The molecule has 1 aliphatic heterocycles. The van der Waals surface area contributed by atoms with Crippen LogP contribution in [0.1, 0.15) is 36.7 Å². The summed E-state index contributed by atoms with van der Waals surface area (Å²) in [4.78, 5) is 50.2. The second-order valence-electron chi connectivity index (χ2n) is 8.83. The number of allylic oxidation sites excluding steroid dienone is 4. The predicted octanol–water partition coefficient (Wildman–Crippen LogP) is 3.03. The van der Waals surface area contributed by atoms with Crippen LogP contribution >= 0.6 is 19.4 Å². The van der Waals surface area contributed by atoms with Gasteiger partial charge in [-0.3, -0.25) is 29.3 Å². The maximum absolute atomic E-state index is 13.7. The molecule has 0 spiro atoms. The number of primary amides is 1. The van der Waals surface area contributed by atoms with Crippen molar-refractivity contribution in [3.05, 3.63) is 57.9 Å². The Balaban J connectivity index is 2.60. The summed E-state index contributed by atoms with van der Waals surface area (Å²) in [5.41, 5.74) is 4.30.